The first kappa shape index (κ1) is 20.8. The predicted molar refractivity (Wildman–Crippen MR) is 103 cm³/mol. The van der Waals surface area contributed by atoms with E-state index in [4.69, 9.17) is 11.6 Å². The summed E-state index contributed by atoms with van der Waals surface area (Å²) in [5.74, 6) is -0.236. The second-order valence-corrected chi connectivity index (χ2v) is 9.71. The fourth-order valence-electron chi connectivity index (χ4n) is 2.45. The van der Waals surface area contributed by atoms with Gasteiger partial charge < -0.3 is 0 Å². The van der Waals surface area contributed by atoms with Crippen LogP contribution in [0.25, 0.3) is 0 Å². The number of amides is 1. The van der Waals surface area contributed by atoms with Crippen LogP contribution in [0.5, 0.6) is 0 Å². The van der Waals surface area contributed by atoms with Gasteiger partial charge in [-0.1, -0.05) is 62.8 Å². The quantitative estimate of drug-likeness (QED) is 0.673. The van der Waals surface area contributed by atoms with E-state index in [1.807, 2.05) is 27.7 Å². The van der Waals surface area contributed by atoms with Crippen LogP contribution in [-0.2, 0) is 10.0 Å². The van der Waals surface area contributed by atoms with Crippen molar-refractivity contribution in [1.29, 1.82) is 0 Å². The second kappa shape index (κ2) is 8.43. The minimum Gasteiger partial charge on any atom is -0.296 e. The Morgan fingerprint density at radius 3 is 2.31 bits per heavy atom. The number of halogens is 1. The van der Waals surface area contributed by atoms with Gasteiger partial charge in [-0.25, -0.2) is 13.1 Å². The molecular formula is C16H21ClN4O3S2. The van der Waals surface area contributed by atoms with Crippen LogP contribution >= 0.6 is 22.9 Å². The zero-order valence-electron chi connectivity index (χ0n) is 14.9. The molecule has 2 aromatic rings. The van der Waals surface area contributed by atoms with Crippen molar-refractivity contribution in [2.75, 3.05) is 5.32 Å². The molecule has 1 aromatic heterocycles. The average Bonchev–Trinajstić information content (AvgIpc) is 3.02. The molecule has 2 rings (SSSR count). The van der Waals surface area contributed by atoms with Gasteiger partial charge in [0.15, 0.2) is 0 Å². The van der Waals surface area contributed by atoms with Crippen LogP contribution in [0.15, 0.2) is 28.6 Å². The Kier molecular flexibility index (Phi) is 6.73. The molecule has 0 spiro atoms. The number of benzene rings is 1. The van der Waals surface area contributed by atoms with E-state index >= 15 is 0 Å². The van der Waals surface area contributed by atoms with Crippen molar-refractivity contribution in [1.82, 2.24) is 14.9 Å². The summed E-state index contributed by atoms with van der Waals surface area (Å²) in [5, 5.41) is 10.3. The van der Waals surface area contributed by atoms with Crippen molar-refractivity contribution >= 4 is 44.0 Å². The van der Waals surface area contributed by atoms with Gasteiger partial charge in [-0.05, 0) is 24.0 Å². The third-order valence-electron chi connectivity index (χ3n) is 3.70. The summed E-state index contributed by atoms with van der Waals surface area (Å²) in [7, 11) is -3.82. The van der Waals surface area contributed by atoms with E-state index in [-0.39, 0.29) is 32.9 Å². The molecule has 0 atom stereocenters. The maximum Gasteiger partial charge on any atom is 0.270 e. The summed E-state index contributed by atoms with van der Waals surface area (Å²) < 4.78 is 27.5. The Balaban J connectivity index is 2.16. The largest absolute Gasteiger partial charge is 0.296 e. The molecule has 10 heteroatoms. The van der Waals surface area contributed by atoms with Crippen LogP contribution in [0.2, 0.25) is 5.02 Å². The van der Waals surface area contributed by atoms with Crippen molar-refractivity contribution in [3.8, 4) is 0 Å². The molecule has 0 aliphatic carbocycles. The van der Waals surface area contributed by atoms with Gasteiger partial charge >= 0.3 is 0 Å². The lowest BCUT2D eigenvalue weighted by Crippen LogP contribution is -2.42. The highest BCUT2D eigenvalue weighted by molar-refractivity contribution is 7.91. The average molecular weight is 417 g/mol. The number of nitrogens with zero attached hydrogens (tertiary/aromatic N) is 2. The molecule has 2 N–H and O–H groups in total. The van der Waals surface area contributed by atoms with E-state index in [0.717, 1.165) is 11.3 Å². The molecule has 0 unspecified atom stereocenters. The van der Waals surface area contributed by atoms with Gasteiger partial charge in [0.05, 0.1) is 10.6 Å². The Morgan fingerprint density at radius 2 is 1.73 bits per heavy atom. The summed E-state index contributed by atoms with van der Waals surface area (Å²) in [6, 6.07) is 6.31. The standard InChI is InChI=1S/C16H21ClN4O3S2/c1-9(2)13(10(3)4)21-26(23,24)16-20-19-15(25-16)18-14(22)11-7-5-6-8-12(11)17/h5-10,13,21H,1-4H3,(H,18,19,22). The molecule has 0 fully saturated rings. The molecule has 0 saturated carbocycles. The van der Waals surface area contributed by atoms with Crippen LogP contribution < -0.4 is 10.0 Å². The summed E-state index contributed by atoms with van der Waals surface area (Å²) in [6.45, 7) is 7.79. The number of rotatable bonds is 7. The summed E-state index contributed by atoms with van der Waals surface area (Å²) in [4.78, 5) is 12.2. The first-order valence-corrected chi connectivity index (χ1v) is 10.7. The van der Waals surface area contributed by atoms with Gasteiger partial charge in [-0.3, -0.25) is 10.1 Å². The number of hydrogen-bond acceptors (Lipinski definition) is 6. The lowest BCUT2D eigenvalue weighted by molar-refractivity contribution is 0.102. The first-order valence-electron chi connectivity index (χ1n) is 8.03. The van der Waals surface area contributed by atoms with Crippen molar-refractivity contribution < 1.29 is 13.2 Å². The van der Waals surface area contributed by atoms with Crippen molar-refractivity contribution in [3.63, 3.8) is 0 Å². The minimum atomic E-state index is -3.82. The highest BCUT2D eigenvalue weighted by atomic mass is 35.5. The van der Waals surface area contributed by atoms with Gasteiger partial charge in [0.25, 0.3) is 15.9 Å². The zero-order chi connectivity index (χ0) is 19.5. The minimum absolute atomic E-state index is 0.0842. The van der Waals surface area contributed by atoms with E-state index < -0.39 is 15.9 Å². The molecule has 1 amide bonds. The zero-order valence-corrected chi connectivity index (χ0v) is 17.2. The third-order valence-corrected chi connectivity index (χ3v) is 6.70. The molecule has 1 heterocycles. The van der Waals surface area contributed by atoms with E-state index in [0.29, 0.717) is 5.02 Å². The number of sulfonamides is 1. The van der Waals surface area contributed by atoms with Crippen LogP contribution in [0.3, 0.4) is 0 Å². The fraction of sp³-hybridized carbons (Fsp3) is 0.438. The summed E-state index contributed by atoms with van der Waals surface area (Å²) in [5.41, 5.74) is 0.270. The predicted octanol–water partition coefficient (Wildman–Crippen LogP) is 3.40. The lowest BCUT2D eigenvalue weighted by Gasteiger charge is -2.24. The molecular weight excluding hydrogens is 396 g/mol. The normalized spacial score (nSPS) is 12.2. The van der Waals surface area contributed by atoms with Crippen LogP contribution in [0, 0.1) is 11.8 Å². The SMILES string of the molecule is CC(C)C(NS(=O)(=O)c1nnc(NC(=O)c2ccccc2Cl)s1)C(C)C. The Bertz CT molecular complexity index is 873. The monoisotopic (exact) mass is 416 g/mol. The summed E-state index contributed by atoms with van der Waals surface area (Å²) >= 11 is 6.77. The highest BCUT2D eigenvalue weighted by Gasteiger charge is 2.28. The second-order valence-electron chi connectivity index (χ2n) is 6.44. The van der Waals surface area contributed by atoms with E-state index in [2.05, 4.69) is 20.2 Å². The van der Waals surface area contributed by atoms with Crippen molar-refractivity contribution in [3.05, 3.63) is 34.9 Å². The highest BCUT2D eigenvalue weighted by Crippen LogP contribution is 2.23. The van der Waals surface area contributed by atoms with Gasteiger partial charge in [0, 0.05) is 6.04 Å². The van der Waals surface area contributed by atoms with Gasteiger partial charge in [-0.2, -0.15) is 0 Å². The lowest BCUT2D eigenvalue weighted by atomic mass is 9.94. The third kappa shape index (κ3) is 5.00. The molecule has 0 saturated heterocycles. The van der Waals surface area contributed by atoms with E-state index in [1.165, 1.54) is 0 Å². The number of hydrogen-bond donors (Lipinski definition) is 2. The fourth-order valence-corrected chi connectivity index (χ4v) is 5.12. The molecule has 0 bridgehead atoms. The maximum absolute atomic E-state index is 12.5. The smallest absolute Gasteiger partial charge is 0.270 e. The van der Waals surface area contributed by atoms with Crippen LogP contribution in [0.1, 0.15) is 38.1 Å². The molecule has 0 radical (unpaired) electrons. The molecule has 142 valence electrons. The number of nitrogens with one attached hydrogen (secondary N) is 2. The summed E-state index contributed by atoms with van der Waals surface area (Å²) in [6.07, 6.45) is 0. The Labute approximate surface area is 162 Å². The van der Waals surface area contributed by atoms with Gasteiger partial charge in [-0.15, -0.1) is 10.2 Å². The number of carbonyl (C=O) groups excluding carboxylic acids is 1. The molecule has 7 nitrogen and oxygen atoms in total. The van der Waals surface area contributed by atoms with E-state index in [9.17, 15) is 13.2 Å². The Hall–Kier alpha value is -1.55. The van der Waals surface area contributed by atoms with Crippen molar-refractivity contribution in [2.24, 2.45) is 11.8 Å². The molecule has 26 heavy (non-hydrogen) atoms. The van der Waals surface area contributed by atoms with Gasteiger partial charge in [0.1, 0.15) is 0 Å². The maximum atomic E-state index is 12.5. The molecule has 0 aliphatic rings. The number of aromatic nitrogens is 2. The first-order chi connectivity index (χ1) is 12.1. The van der Waals surface area contributed by atoms with Crippen LogP contribution in [0.4, 0.5) is 5.13 Å². The van der Waals surface area contributed by atoms with E-state index in [1.54, 1.807) is 24.3 Å². The molecule has 1 aromatic carbocycles. The van der Waals surface area contributed by atoms with Crippen LogP contribution in [-0.4, -0.2) is 30.6 Å². The number of anilines is 1. The van der Waals surface area contributed by atoms with Crippen molar-refractivity contribution in [2.45, 2.75) is 38.1 Å². The Morgan fingerprint density at radius 1 is 1.12 bits per heavy atom. The number of carbonyl (C=O) groups is 1. The molecule has 0 aliphatic heterocycles. The van der Waals surface area contributed by atoms with Gasteiger partial charge in [0.2, 0.25) is 9.47 Å². The topological polar surface area (TPSA) is 101 Å².